The van der Waals surface area contributed by atoms with Crippen LogP contribution in [-0.2, 0) is 9.47 Å². The fourth-order valence-electron chi connectivity index (χ4n) is 0.868. The quantitative estimate of drug-likeness (QED) is 0.581. The van der Waals surface area contributed by atoms with E-state index in [1.54, 1.807) is 7.11 Å². The molecule has 78 valence electrons. The Balaban J connectivity index is 2.21. The molecule has 0 heterocycles. The molecular weight excluding hydrogens is 248 g/mol. The first-order valence-corrected chi connectivity index (χ1v) is 5.08. The molecule has 1 aromatic carbocycles. The Hall–Kier alpha value is -0.580. The van der Waals surface area contributed by atoms with Crippen LogP contribution in [0.15, 0.2) is 28.7 Å². The van der Waals surface area contributed by atoms with Crippen LogP contribution in [0.1, 0.15) is 0 Å². The van der Waals surface area contributed by atoms with Crippen LogP contribution < -0.4 is 4.74 Å². The number of rotatable bonds is 6. The molecule has 0 bridgehead atoms. The van der Waals surface area contributed by atoms with Gasteiger partial charge in [0.2, 0.25) is 0 Å². The highest BCUT2D eigenvalue weighted by Crippen LogP contribution is 2.23. The third kappa shape index (κ3) is 4.09. The summed E-state index contributed by atoms with van der Waals surface area (Å²) in [6.45, 7) is 1.37. The lowest BCUT2D eigenvalue weighted by atomic mass is 10.3. The average molecular weight is 261 g/mol. The first kappa shape index (κ1) is 11.5. The van der Waals surface area contributed by atoms with Crippen LogP contribution in [0, 0.1) is 0 Å². The maximum atomic E-state index is 5.36. The molecule has 0 unspecified atom stereocenters. The van der Waals surface area contributed by atoms with Crippen molar-refractivity contribution in [2.45, 2.75) is 0 Å². The lowest BCUT2D eigenvalue weighted by molar-refractivity contribution is -0.00879. The summed E-state index contributed by atoms with van der Waals surface area (Å²) >= 11 is 3.37. The Morgan fingerprint density at radius 2 is 2.00 bits per heavy atom. The van der Waals surface area contributed by atoms with Gasteiger partial charge in [0.15, 0.2) is 6.79 Å². The molecule has 0 N–H and O–H groups in total. The van der Waals surface area contributed by atoms with Crippen LogP contribution >= 0.6 is 15.9 Å². The number of methoxy groups -OCH3 is 1. The van der Waals surface area contributed by atoms with Gasteiger partial charge in [-0.25, -0.2) is 0 Å². The topological polar surface area (TPSA) is 27.7 Å². The maximum Gasteiger partial charge on any atom is 0.189 e. The van der Waals surface area contributed by atoms with Gasteiger partial charge < -0.3 is 14.2 Å². The zero-order valence-electron chi connectivity index (χ0n) is 8.03. The molecule has 0 aromatic heterocycles. The number of ether oxygens (including phenoxy) is 3. The standard InChI is InChI=1S/C10H13BrO3/c1-12-6-7-13-8-14-10-5-3-2-4-9(10)11/h2-5H,6-8H2,1H3. The Labute approximate surface area is 92.1 Å². The van der Waals surface area contributed by atoms with Gasteiger partial charge in [0.05, 0.1) is 17.7 Å². The molecule has 1 rings (SSSR count). The van der Waals surface area contributed by atoms with E-state index in [4.69, 9.17) is 14.2 Å². The molecule has 14 heavy (non-hydrogen) atoms. The first-order valence-electron chi connectivity index (χ1n) is 4.28. The lowest BCUT2D eigenvalue weighted by Gasteiger charge is -2.07. The highest BCUT2D eigenvalue weighted by Gasteiger charge is 1.97. The second kappa shape index (κ2) is 6.81. The van der Waals surface area contributed by atoms with Crippen LogP contribution in [0.4, 0.5) is 0 Å². The molecule has 4 heteroatoms. The largest absolute Gasteiger partial charge is 0.466 e. The van der Waals surface area contributed by atoms with E-state index in [-0.39, 0.29) is 6.79 Å². The number of benzene rings is 1. The van der Waals surface area contributed by atoms with Gasteiger partial charge >= 0.3 is 0 Å². The molecule has 0 fully saturated rings. The molecule has 0 radical (unpaired) electrons. The van der Waals surface area contributed by atoms with Gasteiger partial charge in [-0.15, -0.1) is 0 Å². The van der Waals surface area contributed by atoms with Crippen molar-refractivity contribution >= 4 is 15.9 Å². The molecule has 0 spiro atoms. The summed E-state index contributed by atoms with van der Waals surface area (Å²) in [6, 6.07) is 7.65. The number of halogens is 1. The van der Waals surface area contributed by atoms with Crippen molar-refractivity contribution in [3.63, 3.8) is 0 Å². The smallest absolute Gasteiger partial charge is 0.189 e. The van der Waals surface area contributed by atoms with Gasteiger partial charge in [-0.2, -0.15) is 0 Å². The summed E-state index contributed by atoms with van der Waals surface area (Å²) < 4.78 is 16.3. The SMILES string of the molecule is COCCOCOc1ccccc1Br. The van der Waals surface area contributed by atoms with Crippen molar-refractivity contribution in [1.29, 1.82) is 0 Å². The van der Waals surface area contributed by atoms with Gasteiger partial charge in [-0.1, -0.05) is 12.1 Å². The Morgan fingerprint density at radius 1 is 1.21 bits per heavy atom. The van der Waals surface area contributed by atoms with E-state index in [2.05, 4.69) is 15.9 Å². The van der Waals surface area contributed by atoms with E-state index in [0.29, 0.717) is 13.2 Å². The Morgan fingerprint density at radius 3 is 2.71 bits per heavy atom. The van der Waals surface area contributed by atoms with E-state index in [1.807, 2.05) is 24.3 Å². The van der Waals surface area contributed by atoms with Gasteiger partial charge in [0, 0.05) is 7.11 Å². The predicted molar refractivity (Wildman–Crippen MR) is 57.5 cm³/mol. The summed E-state index contributed by atoms with van der Waals surface area (Å²) in [6.07, 6.45) is 0. The summed E-state index contributed by atoms with van der Waals surface area (Å²) in [7, 11) is 1.64. The van der Waals surface area contributed by atoms with Crippen molar-refractivity contribution in [1.82, 2.24) is 0 Å². The zero-order chi connectivity index (χ0) is 10.2. The minimum absolute atomic E-state index is 0.242. The molecule has 0 atom stereocenters. The molecule has 0 amide bonds. The third-order valence-corrected chi connectivity index (χ3v) is 2.22. The number of para-hydroxylation sites is 1. The van der Waals surface area contributed by atoms with Crippen LogP contribution in [0.25, 0.3) is 0 Å². The van der Waals surface area contributed by atoms with Crippen molar-refractivity contribution in [3.05, 3.63) is 28.7 Å². The second-order valence-corrected chi connectivity index (χ2v) is 3.45. The maximum absolute atomic E-state index is 5.36. The van der Waals surface area contributed by atoms with Crippen LogP contribution in [-0.4, -0.2) is 27.1 Å². The summed E-state index contributed by atoms with van der Waals surface area (Å²) in [5, 5.41) is 0. The minimum Gasteiger partial charge on any atom is -0.466 e. The molecule has 0 aliphatic heterocycles. The van der Waals surface area contributed by atoms with Gasteiger partial charge in [-0.3, -0.25) is 0 Å². The Bertz CT molecular complexity index is 265. The molecule has 3 nitrogen and oxygen atoms in total. The van der Waals surface area contributed by atoms with E-state index in [9.17, 15) is 0 Å². The first-order chi connectivity index (χ1) is 6.84. The average Bonchev–Trinajstić information content (AvgIpc) is 2.20. The number of hydrogen-bond acceptors (Lipinski definition) is 3. The fraction of sp³-hybridized carbons (Fsp3) is 0.400. The highest BCUT2D eigenvalue weighted by atomic mass is 79.9. The molecule has 0 saturated carbocycles. The van der Waals surface area contributed by atoms with E-state index in [0.717, 1.165) is 10.2 Å². The third-order valence-electron chi connectivity index (χ3n) is 1.57. The normalized spacial score (nSPS) is 10.1. The summed E-state index contributed by atoms with van der Waals surface area (Å²) in [5.41, 5.74) is 0. The van der Waals surface area contributed by atoms with Gasteiger partial charge in [-0.05, 0) is 28.1 Å². The zero-order valence-corrected chi connectivity index (χ0v) is 9.62. The van der Waals surface area contributed by atoms with Crippen LogP contribution in [0.3, 0.4) is 0 Å². The molecule has 0 saturated heterocycles. The van der Waals surface area contributed by atoms with Gasteiger partial charge in [0.25, 0.3) is 0 Å². The van der Waals surface area contributed by atoms with E-state index >= 15 is 0 Å². The van der Waals surface area contributed by atoms with E-state index < -0.39 is 0 Å². The fourth-order valence-corrected chi connectivity index (χ4v) is 1.27. The monoisotopic (exact) mass is 260 g/mol. The van der Waals surface area contributed by atoms with Crippen molar-refractivity contribution in [3.8, 4) is 5.75 Å². The number of hydrogen-bond donors (Lipinski definition) is 0. The van der Waals surface area contributed by atoms with Crippen molar-refractivity contribution in [2.24, 2.45) is 0 Å². The highest BCUT2D eigenvalue weighted by molar-refractivity contribution is 9.10. The lowest BCUT2D eigenvalue weighted by Crippen LogP contribution is -2.07. The molecular formula is C10H13BrO3. The van der Waals surface area contributed by atoms with Crippen molar-refractivity contribution in [2.75, 3.05) is 27.1 Å². The summed E-state index contributed by atoms with van der Waals surface area (Å²) in [4.78, 5) is 0. The molecule has 0 aliphatic carbocycles. The predicted octanol–water partition coefficient (Wildman–Crippen LogP) is 2.45. The molecule has 1 aromatic rings. The second-order valence-electron chi connectivity index (χ2n) is 2.59. The van der Waals surface area contributed by atoms with Crippen molar-refractivity contribution < 1.29 is 14.2 Å². The van der Waals surface area contributed by atoms with E-state index in [1.165, 1.54) is 0 Å². The molecule has 0 aliphatic rings. The van der Waals surface area contributed by atoms with Crippen LogP contribution in [0.5, 0.6) is 5.75 Å². The summed E-state index contributed by atoms with van der Waals surface area (Å²) in [5.74, 6) is 0.782. The minimum atomic E-state index is 0.242. The van der Waals surface area contributed by atoms with Crippen LogP contribution in [0.2, 0.25) is 0 Å². The Kier molecular flexibility index (Phi) is 5.59. The van der Waals surface area contributed by atoms with Gasteiger partial charge in [0.1, 0.15) is 5.75 Å².